The van der Waals surface area contributed by atoms with E-state index in [1.807, 2.05) is 6.07 Å². The van der Waals surface area contributed by atoms with Gasteiger partial charge in [0.05, 0.1) is 12.6 Å². The Kier molecular flexibility index (Phi) is 11.1. The van der Waals surface area contributed by atoms with E-state index in [0.29, 0.717) is 0 Å². The lowest BCUT2D eigenvalue weighted by atomic mass is 10.3. The first-order valence-corrected chi connectivity index (χ1v) is 5.73. The molecule has 0 aromatic rings. The number of unbranched alkanes of at least 4 members (excludes halogenated alkanes) is 1. The predicted octanol–water partition coefficient (Wildman–Crippen LogP) is 0.423. The first-order chi connectivity index (χ1) is 7.81. The molecule has 16 heavy (non-hydrogen) atoms. The number of rotatable bonds is 10. The zero-order valence-corrected chi connectivity index (χ0v) is 9.92. The van der Waals surface area contributed by atoms with Gasteiger partial charge in [-0.15, -0.1) is 0 Å². The normalized spacial score (nSPS) is 9.75. The fraction of sp³-hybridized carbons (Fsp3) is 0.818. The molecule has 0 aliphatic carbocycles. The highest BCUT2D eigenvalue weighted by molar-refractivity contribution is 5.78. The van der Waals surface area contributed by atoms with E-state index in [2.05, 4.69) is 17.6 Å². The molecule has 2 N–H and O–H groups in total. The van der Waals surface area contributed by atoms with E-state index < -0.39 is 0 Å². The molecular formula is C11H21N3O2. The van der Waals surface area contributed by atoms with Gasteiger partial charge >= 0.3 is 0 Å². The van der Waals surface area contributed by atoms with Gasteiger partial charge in [-0.1, -0.05) is 13.3 Å². The van der Waals surface area contributed by atoms with Gasteiger partial charge in [0.2, 0.25) is 5.91 Å². The monoisotopic (exact) mass is 227 g/mol. The minimum Gasteiger partial charge on any atom is -0.381 e. The standard InChI is InChI=1S/C11H21N3O2/c1-2-3-8-16-9-4-6-13-10-11(15)14-7-5-12/h13H,2-4,6-10H2,1H3,(H,14,15). The van der Waals surface area contributed by atoms with Gasteiger partial charge in [-0.05, 0) is 19.4 Å². The molecule has 0 fully saturated rings. The van der Waals surface area contributed by atoms with E-state index in [-0.39, 0.29) is 19.0 Å². The fourth-order valence-corrected chi connectivity index (χ4v) is 1.05. The van der Waals surface area contributed by atoms with E-state index in [1.165, 1.54) is 0 Å². The van der Waals surface area contributed by atoms with Crippen molar-refractivity contribution >= 4 is 5.91 Å². The number of amides is 1. The lowest BCUT2D eigenvalue weighted by Gasteiger charge is -2.05. The molecule has 0 heterocycles. The summed E-state index contributed by atoms with van der Waals surface area (Å²) in [6, 6.07) is 1.85. The van der Waals surface area contributed by atoms with Gasteiger partial charge in [0.1, 0.15) is 6.54 Å². The Morgan fingerprint density at radius 1 is 1.38 bits per heavy atom. The van der Waals surface area contributed by atoms with E-state index in [0.717, 1.165) is 39.0 Å². The van der Waals surface area contributed by atoms with Crippen LogP contribution in [-0.4, -0.2) is 38.8 Å². The first kappa shape index (κ1) is 14.9. The van der Waals surface area contributed by atoms with Crippen molar-refractivity contribution in [1.29, 1.82) is 5.26 Å². The molecular weight excluding hydrogens is 206 g/mol. The zero-order chi connectivity index (χ0) is 12.1. The summed E-state index contributed by atoms with van der Waals surface area (Å²) >= 11 is 0. The third-order valence-electron chi connectivity index (χ3n) is 1.93. The molecule has 5 nitrogen and oxygen atoms in total. The van der Waals surface area contributed by atoms with Crippen LogP contribution in [0.2, 0.25) is 0 Å². The molecule has 0 rings (SSSR count). The number of hydrogen-bond donors (Lipinski definition) is 2. The number of nitriles is 1. The summed E-state index contributed by atoms with van der Waals surface area (Å²) in [5.74, 6) is -0.145. The summed E-state index contributed by atoms with van der Waals surface area (Å²) < 4.78 is 5.36. The van der Waals surface area contributed by atoms with Crippen LogP contribution in [0.3, 0.4) is 0 Å². The second-order valence-corrected chi connectivity index (χ2v) is 3.43. The van der Waals surface area contributed by atoms with E-state index >= 15 is 0 Å². The van der Waals surface area contributed by atoms with Gasteiger partial charge in [0, 0.05) is 13.2 Å². The van der Waals surface area contributed by atoms with Crippen molar-refractivity contribution in [2.24, 2.45) is 0 Å². The van der Waals surface area contributed by atoms with Crippen LogP contribution in [0.15, 0.2) is 0 Å². The molecule has 0 atom stereocenters. The molecule has 0 spiro atoms. The van der Waals surface area contributed by atoms with Crippen LogP contribution in [-0.2, 0) is 9.53 Å². The average molecular weight is 227 g/mol. The average Bonchev–Trinajstić information content (AvgIpc) is 2.30. The molecule has 0 saturated carbocycles. The van der Waals surface area contributed by atoms with Crippen molar-refractivity contribution in [3.63, 3.8) is 0 Å². The molecule has 0 unspecified atom stereocenters. The number of nitrogens with one attached hydrogen (secondary N) is 2. The Morgan fingerprint density at radius 3 is 2.81 bits per heavy atom. The molecule has 0 aromatic heterocycles. The summed E-state index contributed by atoms with van der Waals surface area (Å²) in [5.41, 5.74) is 0. The number of carbonyl (C=O) groups is 1. The molecule has 0 aliphatic heterocycles. The highest BCUT2D eigenvalue weighted by Crippen LogP contribution is 1.88. The van der Waals surface area contributed by atoms with E-state index in [9.17, 15) is 4.79 Å². The van der Waals surface area contributed by atoms with E-state index in [4.69, 9.17) is 10.00 Å². The molecule has 0 aliphatic rings. The van der Waals surface area contributed by atoms with Crippen LogP contribution in [0.5, 0.6) is 0 Å². The van der Waals surface area contributed by atoms with Crippen molar-refractivity contribution in [3.8, 4) is 6.07 Å². The number of nitrogens with zero attached hydrogens (tertiary/aromatic N) is 1. The summed E-state index contributed by atoms with van der Waals surface area (Å²) in [6.45, 7) is 4.76. The Bertz CT molecular complexity index is 214. The number of hydrogen-bond acceptors (Lipinski definition) is 4. The van der Waals surface area contributed by atoms with Crippen LogP contribution in [0.1, 0.15) is 26.2 Å². The minimum atomic E-state index is -0.145. The molecule has 92 valence electrons. The number of ether oxygens (including phenoxy) is 1. The highest BCUT2D eigenvalue weighted by Gasteiger charge is 1.97. The molecule has 0 bridgehead atoms. The van der Waals surface area contributed by atoms with Gasteiger partial charge in [0.25, 0.3) is 0 Å². The Balaban J connectivity index is 3.09. The maximum atomic E-state index is 11.0. The van der Waals surface area contributed by atoms with Gasteiger partial charge < -0.3 is 15.4 Å². The predicted molar refractivity (Wildman–Crippen MR) is 61.8 cm³/mol. The third kappa shape index (κ3) is 11.0. The van der Waals surface area contributed by atoms with Crippen molar-refractivity contribution < 1.29 is 9.53 Å². The smallest absolute Gasteiger partial charge is 0.234 e. The second kappa shape index (κ2) is 12.0. The fourth-order valence-electron chi connectivity index (χ4n) is 1.05. The quantitative estimate of drug-likeness (QED) is 0.419. The van der Waals surface area contributed by atoms with Gasteiger partial charge in [-0.3, -0.25) is 4.79 Å². The summed E-state index contributed by atoms with van der Waals surface area (Å²) in [6.07, 6.45) is 3.15. The topological polar surface area (TPSA) is 74.2 Å². The van der Waals surface area contributed by atoms with Crippen molar-refractivity contribution in [2.45, 2.75) is 26.2 Å². The maximum Gasteiger partial charge on any atom is 0.234 e. The van der Waals surface area contributed by atoms with Crippen LogP contribution >= 0.6 is 0 Å². The number of carbonyl (C=O) groups excluding carboxylic acids is 1. The van der Waals surface area contributed by atoms with Crippen LogP contribution in [0.25, 0.3) is 0 Å². The molecule has 0 saturated heterocycles. The SMILES string of the molecule is CCCCOCCCNCC(=O)NCC#N. The van der Waals surface area contributed by atoms with Crippen molar-refractivity contribution in [1.82, 2.24) is 10.6 Å². The minimum absolute atomic E-state index is 0.0701. The largest absolute Gasteiger partial charge is 0.381 e. The van der Waals surface area contributed by atoms with E-state index in [1.54, 1.807) is 0 Å². The van der Waals surface area contributed by atoms with Gasteiger partial charge in [-0.25, -0.2) is 0 Å². The molecule has 1 amide bonds. The summed E-state index contributed by atoms with van der Waals surface area (Å²) in [5, 5.41) is 13.7. The van der Waals surface area contributed by atoms with Crippen molar-refractivity contribution in [3.05, 3.63) is 0 Å². The van der Waals surface area contributed by atoms with Gasteiger partial charge in [0.15, 0.2) is 0 Å². The maximum absolute atomic E-state index is 11.0. The summed E-state index contributed by atoms with van der Waals surface area (Å²) in [4.78, 5) is 11.0. The van der Waals surface area contributed by atoms with Gasteiger partial charge in [-0.2, -0.15) is 5.26 Å². The van der Waals surface area contributed by atoms with Crippen LogP contribution in [0, 0.1) is 11.3 Å². The Morgan fingerprint density at radius 2 is 2.12 bits per heavy atom. The van der Waals surface area contributed by atoms with Crippen LogP contribution in [0.4, 0.5) is 0 Å². The molecule has 5 heteroatoms. The highest BCUT2D eigenvalue weighted by atomic mass is 16.5. The van der Waals surface area contributed by atoms with Crippen molar-refractivity contribution in [2.75, 3.05) is 32.8 Å². The lowest BCUT2D eigenvalue weighted by Crippen LogP contribution is -2.34. The second-order valence-electron chi connectivity index (χ2n) is 3.43. The Hall–Kier alpha value is -1.12. The lowest BCUT2D eigenvalue weighted by molar-refractivity contribution is -0.120. The summed E-state index contributed by atoms with van der Waals surface area (Å²) in [7, 11) is 0. The van der Waals surface area contributed by atoms with Crippen LogP contribution < -0.4 is 10.6 Å². The molecule has 0 radical (unpaired) electrons. The zero-order valence-electron chi connectivity index (χ0n) is 9.92. The molecule has 0 aromatic carbocycles. The third-order valence-corrected chi connectivity index (χ3v) is 1.93. The first-order valence-electron chi connectivity index (χ1n) is 5.73. The Labute approximate surface area is 97.2 Å².